The SMILES string of the molecule is O=C(c1ccc(F)cc1)C1CCCC1. The summed E-state index contributed by atoms with van der Waals surface area (Å²) in [4.78, 5) is 11.8. The number of halogens is 1. The maximum Gasteiger partial charge on any atom is 0.165 e. The fraction of sp³-hybridized carbons (Fsp3) is 0.417. The Balaban J connectivity index is 2.14. The van der Waals surface area contributed by atoms with Gasteiger partial charge in [0.25, 0.3) is 0 Å². The van der Waals surface area contributed by atoms with Crippen LogP contribution in [0.2, 0.25) is 0 Å². The summed E-state index contributed by atoms with van der Waals surface area (Å²) in [6.07, 6.45) is 4.29. The number of hydrogen-bond donors (Lipinski definition) is 0. The molecular formula is C12H13FO. The molecule has 14 heavy (non-hydrogen) atoms. The van der Waals surface area contributed by atoms with Gasteiger partial charge in [-0.1, -0.05) is 12.8 Å². The fourth-order valence-corrected chi connectivity index (χ4v) is 2.04. The van der Waals surface area contributed by atoms with Crippen molar-refractivity contribution in [1.29, 1.82) is 0 Å². The second-order valence-corrected chi connectivity index (χ2v) is 3.85. The Kier molecular flexibility index (Phi) is 2.62. The van der Waals surface area contributed by atoms with E-state index in [0.717, 1.165) is 25.7 Å². The topological polar surface area (TPSA) is 17.1 Å². The third-order valence-electron chi connectivity index (χ3n) is 2.85. The highest BCUT2D eigenvalue weighted by Gasteiger charge is 2.23. The molecule has 1 aromatic carbocycles. The minimum absolute atomic E-state index is 0.181. The Morgan fingerprint density at radius 2 is 1.71 bits per heavy atom. The summed E-state index contributed by atoms with van der Waals surface area (Å²) in [6.45, 7) is 0. The van der Waals surface area contributed by atoms with E-state index in [-0.39, 0.29) is 17.5 Å². The van der Waals surface area contributed by atoms with E-state index in [0.29, 0.717) is 5.56 Å². The zero-order valence-corrected chi connectivity index (χ0v) is 8.00. The molecule has 0 radical (unpaired) electrons. The molecule has 0 atom stereocenters. The quantitative estimate of drug-likeness (QED) is 0.657. The number of hydrogen-bond acceptors (Lipinski definition) is 1. The first kappa shape index (κ1) is 9.38. The van der Waals surface area contributed by atoms with Crippen LogP contribution in [0, 0.1) is 11.7 Å². The van der Waals surface area contributed by atoms with E-state index >= 15 is 0 Å². The summed E-state index contributed by atoms with van der Waals surface area (Å²) in [7, 11) is 0. The van der Waals surface area contributed by atoms with E-state index in [1.165, 1.54) is 12.1 Å². The fourth-order valence-electron chi connectivity index (χ4n) is 2.04. The summed E-state index contributed by atoms with van der Waals surface area (Å²) >= 11 is 0. The van der Waals surface area contributed by atoms with Gasteiger partial charge in [-0.25, -0.2) is 4.39 Å². The summed E-state index contributed by atoms with van der Waals surface area (Å²) in [5, 5.41) is 0. The molecule has 0 heterocycles. The molecule has 0 spiro atoms. The molecule has 0 aliphatic heterocycles. The van der Waals surface area contributed by atoms with Gasteiger partial charge in [0, 0.05) is 11.5 Å². The predicted octanol–water partition coefficient (Wildman–Crippen LogP) is 3.20. The van der Waals surface area contributed by atoms with Gasteiger partial charge < -0.3 is 0 Å². The molecule has 1 fully saturated rings. The lowest BCUT2D eigenvalue weighted by Crippen LogP contribution is -2.10. The van der Waals surface area contributed by atoms with Crippen LogP contribution in [0.4, 0.5) is 4.39 Å². The summed E-state index contributed by atoms with van der Waals surface area (Å²) in [5.41, 5.74) is 0.651. The van der Waals surface area contributed by atoms with E-state index in [1.54, 1.807) is 12.1 Å². The standard InChI is InChI=1S/C12H13FO/c13-11-7-5-10(6-8-11)12(14)9-3-1-2-4-9/h5-9H,1-4H2. The van der Waals surface area contributed by atoms with Crippen LogP contribution in [0.1, 0.15) is 36.0 Å². The molecule has 0 N–H and O–H groups in total. The van der Waals surface area contributed by atoms with Gasteiger partial charge in [0.1, 0.15) is 5.82 Å². The van der Waals surface area contributed by atoms with Gasteiger partial charge in [-0.15, -0.1) is 0 Å². The molecule has 2 heteroatoms. The predicted molar refractivity (Wildman–Crippen MR) is 52.7 cm³/mol. The van der Waals surface area contributed by atoms with Crippen LogP contribution in [-0.4, -0.2) is 5.78 Å². The van der Waals surface area contributed by atoms with Crippen LogP contribution in [0.5, 0.6) is 0 Å². The first-order valence-corrected chi connectivity index (χ1v) is 5.07. The zero-order valence-electron chi connectivity index (χ0n) is 8.00. The Bertz CT molecular complexity index is 323. The van der Waals surface area contributed by atoms with Gasteiger partial charge in [-0.2, -0.15) is 0 Å². The minimum Gasteiger partial charge on any atom is -0.294 e. The van der Waals surface area contributed by atoms with Crippen molar-refractivity contribution in [2.45, 2.75) is 25.7 Å². The van der Waals surface area contributed by atoms with E-state index < -0.39 is 0 Å². The van der Waals surface area contributed by atoms with E-state index in [4.69, 9.17) is 0 Å². The normalized spacial score (nSPS) is 17.2. The summed E-state index contributed by atoms with van der Waals surface area (Å²) in [5.74, 6) is 0.0796. The van der Waals surface area contributed by atoms with Crippen molar-refractivity contribution in [1.82, 2.24) is 0 Å². The lowest BCUT2D eigenvalue weighted by Gasteiger charge is -2.07. The van der Waals surface area contributed by atoms with E-state index in [2.05, 4.69) is 0 Å². The van der Waals surface area contributed by atoms with Crippen LogP contribution in [0.15, 0.2) is 24.3 Å². The smallest absolute Gasteiger partial charge is 0.165 e. The number of Topliss-reactive ketones (excluding diaryl/α,β-unsaturated/α-hetero) is 1. The van der Waals surface area contributed by atoms with Crippen LogP contribution in [0.25, 0.3) is 0 Å². The Labute approximate surface area is 82.9 Å². The van der Waals surface area contributed by atoms with E-state index in [1.807, 2.05) is 0 Å². The molecule has 1 aliphatic carbocycles. The van der Waals surface area contributed by atoms with Gasteiger partial charge in [-0.05, 0) is 37.1 Å². The van der Waals surface area contributed by atoms with Gasteiger partial charge in [0.05, 0.1) is 0 Å². The zero-order chi connectivity index (χ0) is 9.97. The number of benzene rings is 1. The third-order valence-corrected chi connectivity index (χ3v) is 2.85. The number of carbonyl (C=O) groups is 1. The molecule has 0 unspecified atom stereocenters. The molecule has 0 bridgehead atoms. The van der Waals surface area contributed by atoms with Crippen LogP contribution < -0.4 is 0 Å². The van der Waals surface area contributed by atoms with Crippen molar-refractivity contribution in [2.24, 2.45) is 5.92 Å². The van der Waals surface area contributed by atoms with Gasteiger partial charge in [0.15, 0.2) is 5.78 Å². The molecule has 1 aromatic rings. The second kappa shape index (κ2) is 3.91. The lowest BCUT2D eigenvalue weighted by molar-refractivity contribution is 0.0923. The summed E-state index contributed by atoms with van der Waals surface area (Å²) in [6, 6.07) is 5.86. The van der Waals surface area contributed by atoms with Crippen molar-refractivity contribution in [3.63, 3.8) is 0 Å². The molecule has 1 aliphatic rings. The maximum absolute atomic E-state index is 12.6. The molecule has 1 saturated carbocycles. The second-order valence-electron chi connectivity index (χ2n) is 3.85. The number of rotatable bonds is 2. The van der Waals surface area contributed by atoms with Crippen molar-refractivity contribution in [3.8, 4) is 0 Å². The van der Waals surface area contributed by atoms with Crippen molar-refractivity contribution >= 4 is 5.78 Å². The van der Waals surface area contributed by atoms with Crippen molar-refractivity contribution in [3.05, 3.63) is 35.6 Å². The van der Waals surface area contributed by atoms with Gasteiger partial charge in [0.2, 0.25) is 0 Å². The maximum atomic E-state index is 12.6. The molecule has 74 valence electrons. The highest BCUT2D eigenvalue weighted by Crippen LogP contribution is 2.27. The lowest BCUT2D eigenvalue weighted by atomic mass is 9.96. The first-order chi connectivity index (χ1) is 6.77. The molecule has 0 amide bonds. The molecule has 1 nitrogen and oxygen atoms in total. The molecule has 2 rings (SSSR count). The highest BCUT2D eigenvalue weighted by atomic mass is 19.1. The Hall–Kier alpha value is -1.18. The van der Waals surface area contributed by atoms with Crippen molar-refractivity contribution in [2.75, 3.05) is 0 Å². The largest absolute Gasteiger partial charge is 0.294 e. The number of ketones is 1. The average molecular weight is 192 g/mol. The van der Waals surface area contributed by atoms with E-state index in [9.17, 15) is 9.18 Å². The average Bonchev–Trinajstić information content (AvgIpc) is 2.71. The van der Waals surface area contributed by atoms with Crippen LogP contribution in [-0.2, 0) is 0 Å². The summed E-state index contributed by atoms with van der Waals surface area (Å²) < 4.78 is 12.6. The molecular weight excluding hydrogens is 179 g/mol. The van der Waals surface area contributed by atoms with Gasteiger partial charge in [-0.3, -0.25) is 4.79 Å². The van der Waals surface area contributed by atoms with Crippen LogP contribution >= 0.6 is 0 Å². The molecule has 0 saturated heterocycles. The van der Waals surface area contributed by atoms with Crippen LogP contribution in [0.3, 0.4) is 0 Å². The third kappa shape index (κ3) is 1.84. The number of carbonyl (C=O) groups excluding carboxylic acids is 1. The monoisotopic (exact) mass is 192 g/mol. The highest BCUT2D eigenvalue weighted by molar-refractivity contribution is 5.97. The van der Waals surface area contributed by atoms with Gasteiger partial charge >= 0.3 is 0 Å². The Morgan fingerprint density at radius 3 is 2.29 bits per heavy atom. The minimum atomic E-state index is -0.284. The van der Waals surface area contributed by atoms with Crippen molar-refractivity contribution < 1.29 is 9.18 Å². The first-order valence-electron chi connectivity index (χ1n) is 5.07. The molecule has 0 aromatic heterocycles. The Morgan fingerprint density at radius 1 is 1.14 bits per heavy atom.